The number of benzene rings is 1. The fraction of sp³-hybridized carbons (Fsp3) is 0.524. The molecular weight excluding hydrogens is 364 g/mol. The number of sulfone groups is 1. The van der Waals surface area contributed by atoms with Crippen LogP contribution in [0, 0.1) is 6.92 Å². The van der Waals surface area contributed by atoms with Crippen LogP contribution < -0.4 is 5.63 Å². The van der Waals surface area contributed by atoms with Crippen molar-refractivity contribution < 1.29 is 17.6 Å². The predicted molar refractivity (Wildman–Crippen MR) is 108 cm³/mol. The summed E-state index contributed by atoms with van der Waals surface area (Å²) in [5, 5.41) is 0.840. The molecular formula is C21H28O5S. The third kappa shape index (κ3) is 5.51. The Hall–Kier alpha value is -1.95. The summed E-state index contributed by atoms with van der Waals surface area (Å²) in [5.41, 5.74) is 2.01. The molecule has 0 bridgehead atoms. The summed E-state index contributed by atoms with van der Waals surface area (Å²) in [6, 6.07) is 6.66. The molecule has 6 heteroatoms. The molecule has 0 unspecified atom stereocenters. The van der Waals surface area contributed by atoms with Crippen LogP contribution in [0.4, 0.5) is 0 Å². The fourth-order valence-corrected chi connectivity index (χ4v) is 4.12. The van der Waals surface area contributed by atoms with Gasteiger partial charge in [0.25, 0.3) is 0 Å². The quantitative estimate of drug-likeness (QED) is 0.501. The van der Waals surface area contributed by atoms with E-state index in [1.54, 1.807) is 32.9 Å². The molecule has 0 amide bonds. The molecule has 1 aromatic heterocycles. The highest BCUT2D eigenvalue weighted by Gasteiger charge is 2.27. The number of carbonyl (C=O) groups is 1. The molecule has 0 aliphatic rings. The first-order valence-corrected chi connectivity index (χ1v) is 10.9. The molecule has 0 radical (unpaired) electrons. The summed E-state index contributed by atoms with van der Waals surface area (Å²) in [4.78, 5) is 23.6. The molecule has 1 aromatic carbocycles. The Labute approximate surface area is 160 Å². The van der Waals surface area contributed by atoms with E-state index in [-0.39, 0.29) is 17.2 Å². The van der Waals surface area contributed by atoms with Gasteiger partial charge in [-0.15, -0.1) is 0 Å². The minimum Gasteiger partial charge on any atom is -0.423 e. The fourth-order valence-electron chi connectivity index (χ4n) is 2.93. The van der Waals surface area contributed by atoms with Crippen molar-refractivity contribution in [2.45, 2.75) is 64.5 Å². The molecule has 0 atom stereocenters. The van der Waals surface area contributed by atoms with E-state index >= 15 is 0 Å². The summed E-state index contributed by atoms with van der Waals surface area (Å²) >= 11 is 0. The zero-order valence-electron chi connectivity index (χ0n) is 16.5. The lowest BCUT2D eigenvalue weighted by Crippen LogP contribution is -2.30. The number of unbranched alkanes of at least 4 members (excludes halogenated alkanes) is 2. The van der Waals surface area contributed by atoms with Crippen molar-refractivity contribution in [2.75, 3.05) is 5.75 Å². The van der Waals surface area contributed by atoms with Gasteiger partial charge >= 0.3 is 5.63 Å². The van der Waals surface area contributed by atoms with E-state index in [0.29, 0.717) is 31.3 Å². The molecule has 0 N–H and O–H groups in total. The number of hydrogen-bond donors (Lipinski definition) is 0. The van der Waals surface area contributed by atoms with Crippen LogP contribution in [-0.4, -0.2) is 24.7 Å². The van der Waals surface area contributed by atoms with Gasteiger partial charge in [0, 0.05) is 24.3 Å². The van der Waals surface area contributed by atoms with Crippen molar-refractivity contribution in [3.05, 3.63) is 45.8 Å². The third-order valence-electron chi connectivity index (χ3n) is 4.87. The maximum Gasteiger partial charge on any atom is 0.336 e. The molecule has 2 rings (SSSR count). The van der Waals surface area contributed by atoms with Crippen LogP contribution in [0.25, 0.3) is 11.0 Å². The summed E-state index contributed by atoms with van der Waals surface area (Å²) in [7, 11) is -3.09. The lowest BCUT2D eigenvalue weighted by atomic mass is 9.98. The Morgan fingerprint density at radius 3 is 2.41 bits per heavy atom. The summed E-state index contributed by atoms with van der Waals surface area (Å²) in [6.45, 7) is 7.05. The van der Waals surface area contributed by atoms with E-state index in [1.807, 2.05) is 13.0 Å². The van der Waals surface area contributed by atoms with E-state index in [2.05, 4.69) is 0 Å². The monoisotopic (exact) mass is 392 g/mol. The average molecular weight is 393 g/mol. The van der Waals surface area contributed by atoms with Crippen molar-refractivity contribution in [3.8, 4) is 0 Å². The van der Waals surface area contributed by atoms with Gasteiger partial charge in [-0.05, 0) is 63.8 Å². The van der Waals surface area contributed by atoms with Gasteiger partial charge in [0.15, 0.2) is 9.84 Å². The van der Waals surface area contributed by atoms with Crippen LogP contribution >= 0.6 is 0 Å². The van der Waals surface area contributed by atoms with Gasteiger partial charge in [0.2, 0.25) is 0 Å². The van der Waals surface area contributed by atoms with Gasteiger partial charge in [-0.3, -0.25) is 4.79 Å². The number of Topliss-reactive ketones (excluding diaryl/α,β-unsaturated/α-hetero) is 1. The van der Waals surface area contributed by atoms with Crippen LogP contribution in [0.3, 0.4) is 0 Å². The standard InChI is InChI=1S/C21H28O5S/c1-15-16(9-11-19-18(15)10-12-20(23)26-19)14-17(22)8-6-5-7-13-27(24,25)21(2,3)4/h9-12H,5-8,13-14H2,1-4H3. The lowest BCUT2D eigenvalue weighted by molar-refractivity contribution is -0.118. The minimum atomic E-state index is -3.09. The van der Waals surface area contributed by atoms with Crippen LogP contribution in [0.5, 0.6) is 0 Å². The molecule has 0 aliphatic heterocycles. The van der Waals surface area contributed by atoms with E-state index in [4.69, 9.17) is 4.42 Å². The Morgan fingerprint density at radius 1 is 1.04 bits per heavy atom. The van der Waals surface area contributed by atoms with E-state index < -0.39 is 14.6 Å². The van der Waals surface area contributed by atoms with Gasteiger partial charge in [-0.1, -0.05) is 12.5 Å². The number of aryl methyl sites for hydroxylation is 1. The molecule has 1 heterocycles. The predicted octanol–water partition coefficient (Wildman–Crippen LogP) is 3.99. The van der Waals surface area contributed by atoms with Crippen molar-refractivity contribution in [1.29, 1.82) is 0 Å². The van der Waals surface area contributed by atoms with Gasteiger partial charge in [0.05, 0.1) is 10.5 Å². The highest BCUT2D eigenvalue weighted by Crippen LogP contribution is 2.22. The summed E-state index contributed by atoms with van der Waals surface area (Å²) < 4.78 is 28.6. The van der Waals surface area contributed by atoms with Crippen LogP contribution in [0.2, 0.25) is 0 Å². The third-order valence-corrected chi connectivity index (χ3v) is 7.57. The number of fused-ring (bicyclic) bond motifs is 1. The summed E-state index contributed by atoms with van der Waals surface area (Å²) in [6.07, 6.45) is 2.78. The van der Waals surface area contributed by atoms with Crippen LogP contribution in [-0.2, 0) is 21.1 Å². The minimum absolute atomic E-state index is 0.133. The van der Waals surface area contributed by atoms with Crippen molar-refractivity contribution in [2.24, 2.45) is 0 Å². The normalized spacial score (nSPS) is 12.4. The first-order valence-electron chi connectivity index (χ1n) is 9.27. The molecule has 2 aromatic rings. The highest BCUT2D eigenvalue weighted by molar-refractivity contribution is 7.92. The van der Waals surface area contributed by atoms with Crippen molar-refractivity contribution in [1.82, 2.24) is 0 Å². The zero-order chi connectivity index (χ0) is 20.2. The largest absolute Gasteiger partial charge is 0.423 e. The van der Waals surface area contributed by atoms with E-state index in [0.717, 1.165) is 22.9 Å². The topological polar surface area (TPSA) is 81.4 Å². The number of rotatable bonds is 8. The molecule has 148 valence electrons. The highest BCUT2D eigenvalue weighted by atomic mass is 32.2. The van der Waals surface area contributed by atoms with Crippen LogP contribution in [0.1, 0.15) is 57.6 Å². The number of ketones is 1. The van der Waals surface area contributed by atoms with E-state index in [9.17, 15) is 18.0 Å². The van der Waals surface area contributed by atoms with Gasteiger partial charge < -0.3 is 4.42 Å². The van der Waals surface area contributed by atoms with E-state index in [1.165, 1.54) is 6.07 Å². The van der Waals surface area contributed by atoms with Crippen LogP contribution in [0.15, 0.2) is 33.5 Å². The second-order valence-electron chi connectivity index (χ2n) is 7.97. The Bertz CT molecular complexity index is 978. The maximum atomic E-state index is 12.3. The second-order valence-corrected chi connectivity index (χ2v) is 10.8. The van der Waals surface area contributed by atoms with Gasteiger partial charge in [-0.25, -0.2) is 13.2 Å². The molecule has 27 heavy (non-hydrogen) atoms. The number of carbonyl (C=O) groups excluding carboxylic acids is 1. The molecule has 0 saturated carbocycles. The molecule has 0 fully saturated rings. The second kappa shape index (κ2) is 8.38. The zero-order valence-corrected chi connectivity index (χ0v) is 17.3. The van der Waals surface area contributed by atoms with Crippen molar-refractivity contribution in [3.63, 3.8) is 0 Å². The Morgan fingerprint density at radius 2 is 1.74 bits per heavy atom. The lowest BCUT2D eigenvalue weighted by Gasteiger charge is -2.18. The molecule has 5 nitrogen and oxygen atoms in total. The SMILES string of the molecule is Cc1c(CC(=O)CCCCCS(=O)(=O)C(C)(C)C)ccc2oc(=O)ccc12. The Kier molecular flexibility index (Phi) is 6.63. The smallest absolute Gasteiger partial charge is 0.336 e. The van der Waals surface area contributed by atoms with Gasteiger partial charge in [-0.2, -0.15) is 0 Å². The molecule has 0 spiro atoms. The Balaban J connectivity index is 1.86. The molecule has 0 aliphatic carbocycles. The van der Waals surface area contributed by atoms with Crippen molar-refractivity contribution >= 4 is 26.6 Å². The first kappa shape index (κ1) is 21.4. The number of hydrogen-bond acceptors (Lipinski definition) is 5. The average Bonchev–Trinajstić information content (AvgIpc) is 2.56. The summed E-state index contributed by atoms with van der Waals surface area (Å²) in [5.74, 6) is 0.299. The first-order chi connectivity index (χ1) is 12.5. The molecule has 0 saturated heterocycles. The maximum absolute atomic E-state index is 12.3. The van der Waals surface area contributed by atoms with Gasteiger partial charge in [0.1, 0.15) is 11.4 Å².